The van der Waals surface area contributed by atoms with Crippen LogP contribution in [0.25, 0.3) is 5.76 Å². The van der Waals surface area contributed by atoms with Crippen LogP contribution in [0.15, 0.2) is 42.0 Å². The fourth-order valence-electron chi connectivity index (χ4n) is 3.45. The van der Waals surface area contributed by atoms with Crippen molar-refractivity contribution in [2.45, 2.75) is 13.0 Å². The van der Waals surface area contributed by atoms with Gasteiger partial charge >= 0.3 is 0 Å². The molecule has 1 aliphatic rings. The molecule has 30 heavy (non-hydrogen) atoms. The highest BCUT2D eigenvalue weighted by molar-refractivity contribution is 6.46. The molecular formula is C22H23NO7. The van der Waals surface area contributed by atoms with Crippen LogP contribution in [-0.2, 0) is 9.59 Å². The number of rotatable bonds is 6. The lowest BCUT2D eigenvalue weighted by molar-refractivity contribution is -0.139. The Balaban J connectivity index is 2.17. The zero-order valence-corrected chi connectivity index (χ0v) is 17.1. The highest BCUT2D eigenvalue weighted by Crippen LogP contribution is 2.41. The van der Waals surface area contributed by atoms with Crippen molar-refractivity contribution in [3.63, 3.8) is 0 Å². The number of carbonyl (C=O) groups excluding carboxylic acids is 2. The maximum absolute atomic E-state index is 12.7. The minimum Gasteiger partial charge on any atom is -0.507 e. The summed E-state index contributed by atoms with van der Waals surface area (Å²) in [5, 5.41) is 21.0. The third-order valence-electron chi connectivity index (χ3n) is 4.93. The van der Waals surface area contributed by atoms with E-state index in [1.54, 1.807) is 31.2 Å². The van der Waals surface area contributed by atoms with E-state index < -0.39 is 17.7 Å². The number of amides is 1. The number of methoxy groups -OCH3 is 2. The summed E-state index contributed by atoms with van der Waals surface area (Å²) in [6, 6.07) is 8.39. The number of ether oxygens (including phenoxy) is 3. The summed E-state index contributed by atoms with van der Waals surface area (Å²) in [4.78, 5) is 26.4. The van der Waals surface area contributed by atoms with Gasteiger partial charge in [-0.15, -0.1) is 0 Å². The van der Waals surface area contributed by atoms with E-state index in [-0.39, 0.29) is 22.8 Å². The number of aromatic hydroxyl groups is 1. The van der Waals surface area contributed by atoms with Crippen molar-refractivity contribution < 1.29 is 34.0 Å². The molecule has 1 amide bonds. The Morgan fingerprint density at radius 1 is 1.03 bits per heavy atom. The minimum absolute atomic E-state index is 0.0615. The summed E-state index contributed by atoms with van der Waals surface area (Å²) < 4.78 is 15.9. The van der Waals surface area contributed by atoms with E-state index in [0.717, 1.165) is 0 Å². The smallest absolute Gasteiger partial charge is 0.295 e. The summed E-state index contributed by atoms with van der Waals surface area (Å²) in [5.74, 6) is -0.897. The molecule has 1 saturated heterocycles. The average Bonchev–Trinajstić information content (AvgIpc) is 2.98. The van der Waals surface area contributed by atoms with Crippen LogP contribution in [0, 0.1) is 0 Å². The summed E-state index contributed by atoms with van der Waals surface area (Å²) >= 11 is 0. The van der Waals surface area contributed by atoms with Crippen molar-refractivity contribution in [2.24, 2.45) is 0 Å². The topological polar surface area (TPSA) is 106 Å². The van der Waals surface area contributed by atoms with E-state index in [0.29, 0.717) is 29.2 Å². The molecule has 8 nitrogen and oxygen atoms in total. The normalized spacial score (nSPS) is 17.9. The number of phenols is 1. The van der Waals surface area contributed by atoms with Crippen LogP contribution in [0.3, 0.4) is 0 Å². The number of likely N-dealkylation sites (N-methyl/N-ethyl adjacent to an activating group) is 1. The van der Waals surface area contributed by atoms with Crippen molar-refractivity contribution in [1.82, 2.24) is 4.90 Å². The number of hydrogen-bond acceptors (Lipinski definition) is 7. The maximum atomic E-state index is 12.7. The van der Waals surface area contributed by atoms with Crippen molar-refractivity contribution >= 4 is 17.4 Å². The van der Waals surface area contributed by atoms with E-state index in [1.807, 2.05) is 0 Å². The zero-order chi connectivity index (χ0) is 22.0. The largest absolute Gasteiger partial charge is 0.507 e. The fourth-order valence-corrected chi connectivity index (χ4v) is 3.45. The van der Waals surface area contributed by atoms with Gasteiger partial charge in [0.2, 0.25) is 0 Å². The second kappa shape index (κ2) is 8.36. The van der Waals surface area contributed by atoms with Gasteiger partial charge in [0.25, 0.3) is 11.7 Å². The first-order valence-electron chi connectivity index (χ1n) is 9.26. The Labute approximate surface area is 173 Å². The van der Waals surface area contributed by atoms with Gasteiger partial charge in [-0.3, -0.25) is 9.59 Å². The highest BCUT2D eigenvalue weighted by atomic mass is 16.5. The molecule has 8 heteroatoms. The Kier molecular flexibility index (Phi) is 5.86. The molecule has 2 aromatic rings. The molecule has 1 atom stereocenters. The number of aliphatic hydroxyl groups excluding tert-OH is 1. The molecule has 3 rings (SSSR count). The zero-order valence-electron chi connectivity index (χ0n) is 17.1. The molecule has 2 N–H and O–H groups in total. The molecule has 0 spiro atoms. The molecule has 0 unspecified atom stereocenters. The van der Waals surface area contributed by atoms with Crippen LogP contribution >= 0.6 is 0 Å². The van der Waals surface area contributed by atoms with Crippen molar-refractivity contribution in [3.8, 4) is 23.0 Å². The Morgan fingerprint density at radius 3 is 2.37 bits per heavy atom. The highest BCUT2D eigenvalue weighted by Gasteiger charge is 2.44. The van der Waals surface area contributed by atoms with Gasteiger partial charge in [0.05, 0.1) is 32.4 Å². The standard InChI is InChI=1S/C22H23NO7/c1-5-30-16-10-12(6-8-14(16)24)19-18(21(26)22(27)23(19)2)20(25)13-7-9-15(28-3)17(11-13)29-4/h6-11,19,24-25H,5H2,1-4H3/t19-/m0/s1. The molecule has 0 radical (unpaired) electrons. The van der Waals surface area contributed by atoms with E-state index >= 15 is 0 Å². The quantitative estimate of drug-likeness (QED) is 0.426. The number of phenolic OH excluding ortho intramolecular Hbond substituents is 1. The molecule has 0 aromatic heterocycles. The number of Topliss-reactive ketones (excluding diaryl/α,β-unsaturated/α-hetero) is 1. The first kappa shape index (κ1) is 21.0. The van der Waals surface area contributed by atoms with E-state index in [9.17, 15) is 19.8 Å². The monoisotopic (exact) mass is 413 g/mol. The SMILES string of the molecule is CCOc1cc([C@H]2C(=C(O)c3ccc(OC)c(OC)c3)C(=O)C(=O)N2C)ccc1O. The number of hydrogen-bond donors (Lipinski definition) is 2. The maximum Gasteiger partial charge on any atom is 0.295 e. The third kappa shape index (κ3) is 3.52. The number of aliphatic hydroxyl groups is 1. The molecule has 1 aliphatic heterocycles. The number of ketones is 1. The molecular weight excluding hydrogens is 390 g/mol. The van der Waals surface area contributed by atoms with E-state index in [1.165, 1.54) is 38.3 Å². The third-order valence-corrected chi connectivity index (χ3v) is 4.93. The van der Waals surface area contributed by atoms with Gasteiger partial charge in [-0.1, -0.05) is 6.07 Å². The van der Waals surface area contributed by atoms with Crippen LogP contribution in [0.2, 0.25) is 0 Å². The van der Waals surface area contributed by atoms with Crippen LogP contribution in [-0.4, -0.2) is 54.7 Å². The van der Waals surface area contributed by atoms with Crippen LogP contribution in [0.5, 0.6) is 23.0 Å². The van der Waals surface area contributed by atoms with E-state index in [4.69, 9.17) is 14.2 Å². The molecule has 1 fully saturated rings. The summed E-state index contributed by atoms with van der Waals surface area (Å²) in [7, 11) is 4.42. The van der Waals surface area contributed by atoms with Crippen molar-refractivity contribution in [3.05, 3.63) is 53.1 Å². The summed E-state index contributed by atoms with van der Waals surface area (Å²) in [5.41, 5.74) is 0.746. The number of carbonyl (C=O) groups is 2. The molecule has 0 bridgehead atoms. The predicted molar refractivity (Wildman–Crippen MR) is 109 cm³/mol. The lowest BCUT2D eigenvalue weighted by Crippen LogP contribution is -2.24. The molecule has 0 saturated carbocycles. The van der Waals surface area contributed by atoms with Crippen molar-refractivity contribution in [1.29, 1.82) is 0 Å². The molecule has 0 aliphatic carbocycles. The van der Waals surface area contributed by atoms with Gasteiger partial charge in [0.1, 0.15) is 5.76 Å². The molecule has 2 aromatic carbocycles. The van der Waals surface area contributed by atoms with Crippen molar-refractivity contribution in [2.75, 3.05) is 27.9 Å². The van der Waals surface area contributed by atoms with Gasteiger partial charge in [-0.2, -0.15) is 0 Å². The lowest BCUT2D eigenvalue weighted by atomic mass is 9.95. The Hall–Kier alpha value is -3.68. The predicted octanol–water partition coefficient (Wildman–Crippen LogP) is 2.86. The average molecular weight is 413 g/mol. The molecule has 158 valence electrons. The summed E-state index contributed by atoms with van der Waals surface area (Å²) in [6.07, 6.45) is 0. The first-order valence-corrected chi connectivity index (χ1v) is 9.26. The molecule has 1 heterocycles. The Morgan fingerprint density at radius 2 is 1.73 bits per heavy atom. The Bertz CT molecular complexity index is 1030. The number of nitrogens with zero attached hydrogens (tertiary/aromatic N) is 1. The second-order valence-corrected chi connectivity index (χ2v) is 6.64. The first-order chi connectivity index (χ1) is 14.3. The second-order valence-electron chi connectivity index (χ2n) is 6.64. The minimum atomic E-state index is -0.849. The van der Waals surface area contributed by atoms with Gasteiger partial charge in [0, 0.05) is 12.6 Å². The van der Waals surface area contributed by atoms with Gasteiger partial charge in [0.15, 0.2) is 23.0 Å². The van der Waals surface area contributed by atoms with E-state index in [2.05, 4.69) is 0 Å². The van der Waals surface area contributed by atoms with Crippen LogP contribution < -0.4 is 14.2 Å². The lowest BCUT2D eigenvalue weighted by Gasteiger charge is -2.22. The van der Waals surface area contributed by atoms with Crippen LogP contribution in [0.1, 0.15) is 24.1 Å². The van der Waals surface area contributed by atoms with Gasteiger partial charge < -0.3 is 29.3 Å². The number of benzene rings is 2. The number of likely N-dealkylation sites (tertiary alicyclic amines) is 1. The van der Waals surface area contributed by atoms with Gasteiger partial charge in [-0.25, -0.2) is 0 Å². The summed E-state index contributed by atoms with van der Waals surface area (Å²) in [6.45, 7) is 2.10. The van der Waals surface area contributed by atoms with Gasteiger partial charge in [-0.05, 0) is 42.8 Å². The van der Waals surface area contributed by atoms with Crippen LogP contribution in [0.4, 0.5) is 0 Å². The fraction of sp³-hybridized carbons (Fsp3) is 0.273.